The second-order valence-corrected chi connectivity index (χ2v) is 7.76. The molecule has 3 heterocycles. The lowest BCUT2D eigenvalue weighted by molar-refractivity contribution is 0.680. The van der Waals surface area contributed by atoms with Gasteiger partial charge >= 0.3 is 0 Å². The lowest BCUT2D eigenvalue weighted by Gasteiger charge is -2.30. The molecule has 149 valence electrons. The number of nitrogens with zero attached hydrogens (tertiary/aromatic N) is 6. The minimum atomic E-state index is -0.0766. The number of anilines is 1. The number of aromatic nitrogens is 5. The summed E-state index contributed by atoms with van der Waals surface area (Å²) in [6, 6.07) is 16.7. The summed E-state index contributed by atoms with van der Waals surface area (Å²) in [4.78, 5) is 6.55. The number of hydrogen-bond acceptors (Lipinski definition) is 4. The lowest BCUT2D eigenvalue weighted by Crippen LogP contribution is -2.25. The summed E-state index contributed by atoms with van der Waals surface area (Å²) in [6.07, 6.45) is 7.66. The summed E-state index contributed by atoms with van der Waals surface area (Å²) < 4.78 is 3.83. The Bertz CT molecular complexity index is 1230. The second-order valence-electron chi connectivity index (χ2n) is 7.00. The van der Waals surface area contributed by atoms with E-state index in [1.54, 1.807) is 16.9 Å². The van der Waals surface area contributed by atoms with Crippen LogP contribution in [0.1, 0.15) is 29.9 Å². The molecule has 1 atom stereocenters. The maximum atomic E-state index is 6.41. The summed E-state index contributed by atoms with van der Waals surface area (Å²) in [6.45, 7) is 2.75. The first-order chi connectivity index (χ1) is 14.6. The molecular formula is C22H17Cl2N6. The lowest BCUT2D eigenvalue weighted by atomic mass is 10.1. The molecule has 30 heavy (non-hydrogen) atoms. The summed E-state index contributed by atoms with van der Waals surface area (Å²) in [5.74, 6) is 0.716. The zero-order valence-electron chi connectivity index (χ0n) is 16.1. The zero-order valence-corrected chi connectivity index (χ0v) is 17.6. The van der Waals surface area contributed by atoms with Gasteiger partial charge in [-0.3, -0.25) is 0 Å². The van der Waals surface area contributed by atoms with Crippen LogP contribution in [-0.4, -0.2) is 24.5 Å². The van der Waals surface area contributed by atoms with Gasteiger partial charge in [-0.2, -0.15) is 4.68 Å². The van der Waals surface area contributed by atoms with Crippen LogP contribution in [0.5, 0.6) is 0 Å². The number of rotatable bonds is 4. The van der Waals surface area contributed by atoms with Crippen molar-refractivity contribution < 1.29 is 0 Å². The maximum Gasteiger partial charge on any atom is 0.233 e. The molecule has 0 spiro atoms. The smallest absolute Gasteiger partial charge is 0.233 e. The molecule has 1 aliphatic rings. The molecule has 1 unspecified atom stereocenters. The first-order valence-electron chi connectivity index (χ1n) is 9.46. The predicted octanol–water partition coefficient (Wildman–Crippen LogP) is 5.17. The van der Waals surface area contributed by atoms with E-state index in [2.05, 4.69) is 45.0 Å². The minimum absolute atomic E-state index is 0.0766. The van der Waals surface area contributed by atoms with E-state index in [-0.39, 0.29) is 6.04 Å². The van der Waals surface area contributed by atoms with E-state index in [0.717, 1.165) is 17.1 Å². The Hall–Kier alpha value is -3.09. The van der Waals surface area contributed by atoms with Crippen LogP contribution >= 0.6 is 23.2 Å². The Morgan fingerprint density at radius 1 is 1.13 bits per heavy atom. The van der Waals surface area contributed by atoms with Crippen molar-refractivity contribution in [1.29, 1.82) is 0 Å². The highest BCUT2D eigenvalue weighted by molar-refractivity contribution is 6.43. The molecule has 1 aliphatic heterocycles. The van der Waals surface area contributed by atoms with E-state index in [9.17, 15) is 0 Å². The van der Waals surface area contributed by atoms with Gasteiger partial charge in [0.05, 0.1) is 34.0 Å². The van der Waals surface area contributed by atoms with Crippen LogP contribution < -0.4 is 4.90 Å². The summed E-state index contributed by atoms with van der Waals surface area (Å²) in [5.41, 5.74) is 3.72. The van der Waals surface area contributed by atoms with Crippen molar-refractivity contribution in [3.63, 3.8) is 0 Å². The van der Waals surface area contributed by atoms with Gasteiger partial charge in [-0.15, -0.1) is 5.10 Å². The number of fused-ring (bicyclic) bond motifs is 1. The maximum absolute atomic E-state index is 6.41. The van der Waals surface area contributed by atoms with Gasteiger partial charge in [-0.05, 0) is 24.6 Å². The van der Waals surface area contributed by atoms with Gasteiger partial charge in [0.2, 0.25) is 5.95 Å². The van der Waals surface area contributed by atoms with Gasteiger partial charge in [0.15, 0.2) is 0 Å². The molecule has 1 radical (unpaired) electrons. The average molecular weight is 436 g/mol. The van der Waals surface area contributed by atoms with E-state index >= 15 is 0 Å². The molecule has 0 N–H and O–H groups in total. The molecule has 0 aliphatic carbocycles. The molecule has 0 saturated carbocycles. The standard InChI is InChI=1S/C22H17Cl2N6/c1-15-21-19(10-12-29(15)18-9-5-8-17(23)20(18)24)30(27-26-21)22-25-11-13-28(22)14-16-6-3-2-4-7-16/h2-7,9-13,15H,14H2,1H3. The Labute approximate surface area is 184 Å². The van der Waals surface area contributed by atoms with Gasteiger partial charge in [-0.1, -0.05) is 64.8 Å². The Morgan fingerprint density at radius 2 is 1.97 bits per heavy atom. The molecular weight excluding hydrogens is 419 g/mol. The van der Waals surface area contributed by atoms with Crippen molar-refractivity contribution in [2.45, 2.75) is 19.5 Å². The first kappa shape index (κ1) is 18.9. The van der Waals surface area contributed by atoms with Crippen LogP contribution in [0.2, 0.25) is 10.0 Å². The molecule has 5 rings (SSSR count). The summed E-state index contributed by atoms with van der Waals surface area (Å²) >= 11 is 12.6. The molecule has 2 aromatic heterocycles. The molecule has 2 aromatic carbocycles. The normalized spacial score (nSPS) is 15.4. The Kier molecular flexibility index (Phi) is 4.81. The molecule has 4 aromatic rings. The van der Waals surface area contributed by atoms with Gasteiger partial charge in [0, 0.05) is 24.7 Å². The van der Waals surface area contributed by atoms with Crippen molar-refractivity contribution in [2.24, 2.45) is 0 Å². The Morgan fingerprint density at radius 3 is 2.80 bits per heavy atom. The first-order valence-corrected chi connectivity index (χ1v) is 10.2. The Balaban J connectivity index is 1.50. The molecule has 0 saturated heterocycles. The van der Waals surface area contributed by atoms with Crippen molar-refractivity contribution in [3.8, 4) is 5.95 Å². The number of benzene rings is 2. The highest BCUT2D eigenvalue weighted by atomic mass is 35.5. The molecule has 0 amide bonds. The van der Waals surface area contributed by atoms with E-state index in [1.165, 1.54) is 5.56 Å². The fraction of sp³-hybridized carbons (Fsp3) is 0.136. The highest BCUT2D eigenvalue weighted by Gasteiger charge is 2.28. The topological polar surface area (TPSA) is 51.8 Å². The van der Waals surface area contributed by atoms with E-state index < -0.39 is 0 Å². The van der Waals surface area contributed by atoms with Crippen molar-refractivity contribution in [1.82, 2.24) is 24.5 Å². The average Bonchev–Trinajstić information content (AvgIpc) is 3.38. The fourth-order valence-electron chi connectivity index (χ4n) is 3.65. The van der Waals surface area contributed by atoms with E-state index in [4.69, 9.17) is 23.2 Å². The molecule has 0 fully saturated rings. The SMILES string of the molecule is CC1c2nnn(-c3nccn3Cc3ccccc3)c2C=CN1c1cc[c]c(Cl)c1Cl. The monoisotopic (exact) mass is 435 g/mol. The minimum Gasteiger partial charge on any atom is -0.338 e. The molecule has 6 nitrogen and oxygen atoms in total. The quantitative estimate of drug-likeness (QED) is 0.443. The fourth-order valence-corrected chi connectivity index (χ4v) is 4.02. The van der Waals surface area contributed by atoms with E-state index in [1.807, 2.05) is 47.6 Å². The van der Waals surface area contributed by atoms with Crippen LogP contribution in [0, 0.1) is 6.07 Å². The van der Waals surface area contributed by atoms with Gasteiger partial charge < -0.3 is 9.47 Å². The number of halogens is 2. The summed E-state index contributed by atoms with van der Waals surface area (Å²) in [7, 11) is 0. The second kappa shape index (κ2) is 7.63. The zero-order chi connectivity index (χ0) is 20.7. The van der Waals surface area contributed by atoms with Crippen LogP contribution in [0.15, 0.2) is 61.1 Å². The van der Waals surface area contributed by atoms with Gasteiger partial charge in [-0.25, -0.2) is 4.98 Å². The van der Waals surface area contributed by atoms with Crippen LogP contribution in [0.4, 0.5) is 5.69 Å². The van der Waals surface area contributed by atoms with Crippen LogP contribution in [-0.2, 0) is 6.54 Å². The third-order valence-electron chi connectivity index (χ3n) is 5.16. The molecule has 8 heteroatoms. The van der Waals surface area contributed by atoms with Crippen LogP contribution in [0.3, 0.4) is 0 Å². The predicted molar refractivity (Wildman–Crippen MR) is 118 cm³/mol. The van der Waals surface area contributed by atoms with Crippen molar-refractivity contribution >= 4 is 35.0 Å². The third kappa shape index (κ3) is 3.18. The molecule has 0 bridgehead atoms. The van der Waals surface area contributed by atoms with E-state index in [0.29, 0.717) is 22.5 Å². The van der Waals surface area contributed by atoms with Gasteiger partial charge in [0.25, 0.3) is 0 Å². The van der Waals surface area contributed by atoms with Gasteiger partial charge in [0.1, 0.15) is 5.69 Å². The highest BCUT2D eigenvalue weighted by Crippen LogP contribution is 2.39. The third-order valence-corrected chi connectivity index (χ3v) is 5.94. The van der Waals surface area contributed by atoms with Crippen molar-refractivity contribution in [3.05, 3.63) is 94.1 Å². The summed E-state index contributed by atoms with van der Waals surface area (Å²) in [5, 5.41) is 9.71. The largest absolute Gasteiger partial charge is 0.338 e. The van der Waals surface area contributed by atoms with Crippen molar-refractivity contribution in [2.75, 3.05) is 4.90 Å². The van der Waals surface area contributed by atoms with Crippen LogP contribution in [0.25, 0.3) is 12.0 Å². The number of hydrogen-bond donors (Lipinski definition) is 0. The number of imidazole rings is 1.